The first kappa shape index (κ1) is 10.3. The number of nitrogens with one attached hydrogen (secondary N) is 1. The summed E-state index contributed by atoms with van der Waals surface area (Å²) in [7, 11) is 0. The van der Waals surface area contributed by atoms with E-state index in [1.54, 1.807) is 17.5 Å². The third kappa shape index (κ3) is 1.19. The average Bonchev–Trinajstić information content (AvgIpc) is 3.04. The molecule has 0 bridgehead atoms. The van der Waals surface area contributed by atoms with Crippen LogP contribution in [0.25, 0.3) is 42.1 Å². The summed E-state index contributed by atoms with van der Waals surface area (Å²) in [5.41, 5.74) is 3.21. The zero-order chi connectivity index (χ0) is 13.1. The SMILES string of the molecule is c1ccc2c(c1)nc1c2ccc2sc3ccn[nH]c3c21. The topological polar surface area (TPSA) is 41.6 Å². The number of aromatic amines is 1. The third-order valence-corrected chi connectivity index (χ3v) is 4.88. The second-order valence-electron chi connectivity index (χ2n) is 4.86. The van der Waals surface area contributed by atoms with Gasteiger partial charge in [-0.3, -0.25) is 5.10 Å². The number of aromatic nitrogens is 3. The van der Waals surface area contributed by atoms with E-state index in [1.807, 2.05) is 12.1 Å². The highest BCUT2D eigenvalue weighted by atomic mass is 32.1. The van der Waals surface area contributed by atoms with E-state index in [9.17, 15) is 0 Å². The molecule has 5 aromatic rings. The minimum Gasteiger partial charge on any atom is -0.276 e. The highest BCUT2D eigenvalue weighted by Crippen LogP contribution is 2.38. The standard InChI is InChI=1S/C16H9N3S/c1-2-4-11-9(3-1)10-5-6-12-14(15(10)18-11)16-13(20-12)7-8-17-19-16/h1-8,19H. The van der Waals surface area contributed by atoms with E-state index in [0.29, 0.717) is 0 Å². The molecule has 4 heteroatoms. The average molecular weight is 275 g/mol. The van der Waals surface area contributed by atoms with Crippen molar-refractivity contribution in [3.05, 3.63) is 48.7 Å². The Morgan fingerprint density at radius 1 is 0.900 bits per heavy atom. The summed E-state index contributed by atoms with van der Waals surface area (Å²) in [6.45, 7) is 0. The Balaban J connectivity index is 2.14. The maximum atomic E-state index is 4.82. The molecule has 0 amide bonds. The van der Waals surface area contributed by atoms with Gasteiger partial charge in [0.05, 0.1) is 21.3 Å². The normalized spacial score (nSPS) is 12.0. The van der Waals surface area contributed by atoms with Crippen LogP contribution in [0.15, 0.2) is 48.7 Å². The lowest BCUT2D eigenvalue weighted by Crippen LogP contribution is -1.78. The fourth-order valence-corrected chi connectivity index (χ4v) is 3.93. The molecule has 20 heavy (non-hydrogen) atoms. The van der Waals surface area contributed by atoms with Gasteiger partial charge < -0.3 is 0 Å². The summed E-state index contributed by atoms with van der Waals surface area (Å²) in [4.78, 5) is 4.82. The highest BCUT2D eigenvalue weighted by molar-refractivity contribution is 7.25. The zero-order valence-corrected chi connectivity index (χ0v) is 11.2. The van der Waals surface area contributed by atoms with Gasteiger partial charge in [-0.05, 0) is 18.2 Å². The van der Waals surface area contributed by atoms with Crippen LogP contribution in [-0.2, 0) is 0 Å². The van der Waals surface area contributed by atoms with Crippen LogP contribution in [-0.4, -0.2) is 15.2 Å². The van der Waals surface area contributed by atoms with Gasteiger partial charge in [-0.15, -0.1) is 11.3 Å². The Kier molecular flexibility index (Phi) is 1.84. The van der Waals surface area contributed by atoms with E-state index in [-0.39, 0.29) is 0 Å². The number of rotatable bonds is 0. The van der Waals surface area contributed by atoms with Gasteiger partial charge in [-0.2, -0.15) is 5.10 Å². The fourth-order valence-electron chi connectivity index (χ4n) is 2.88. The lowest BCUT2D eigenvalue weighted by molar-refractivity contribution is 1.08. The largest absolute Gasteiger partial charge is 0.276 e. The van der Waals surface area contributed by atoms with Crippen molar-refractivity contribution < 1.29 is 0 Å². The molecule has 3 nitrogen and oxygen atoms in total. The second kappa shape index (κ2) is 3.55. The molecule has 0 aliphatic heterocycles. The van der Waals surface area contributed by atoms with Gasteiger partial charge in [0.25, 0.3) is 0 Å². The maximum absolute atomic E-state index is 4.82. The summed E-state index contributed by atoms with van der Waals surface area (Å²) >= 11 is 1.78. The number of fused-ring (bicyclic) bond motifs is 7. The van der Waals surface area contributed by atoms with Gasteiger partial charge in [0.1, 0.15) is 0 Å². The number of thiophene rings is 1. The molecule has 0 saturated carbocycles. The molecular formula is C16H9N3S. The Morgan fingerprint density at radius 3 is 2.85 bits per heavy atom. The molecule has 0 aliphatic carbocycles. The summed E-state index contributed by atoms with van der Waals surface area (Å²) in [5, 5.41) is 10.9. The Bertz CT molecular complexity index is 1100. The van der Waals surface area contributed by atoms with Crippen molar-refractivity contribution in [2.24, 2.45) is 0 Å². The molecule has 0 saturated heterocycles. The van der Waals surface area contributed by atoms with Crippen LogP contribution < -0.4 is 0 Å². The number of benzene rings is 2. The zero-order valence-electron chi connectivity index (χ0n) is 10.4. The van der Waals surface area contributed by atoms with Crippen LogP contribution in [0.3, 0.4) is 0 Å². The second-order valence-corrected chi connectivity index (χ2v) is 5.95. The quantitative estimate of drug-likeness (QED) is 0.453. The van der Waals surface area contributed by atoms with Crippen LogP contribution in [0.2, 0.25) is 0 Å². The molecule has 0 unspecified atom stereocenters. The molecule has 3 heterocycles. The molecule has 0 atom stereocenters. The molecule has 5 rings (SSSR count). The van der Waals surface area contributed by atoms with E-state index in [4.69, 9.17) is 4.98 Å². The lowest BCUT2D eigenvalue weighted by Gasteiger charge is -1.94. The predicted molar refractivity (Wildman–Crippen MR) is 84.3 cm³/mol. The van der Waals surface area contributed by atoms with Crippen molar-refractivity contribution >= 4 is 53.4 Å². The van der Waals surface area contributed by atoms with Crippen LogP contribution in [0, 0.1) is 0 Å². The number of hydrogen-bond donors (Lipinski definition) is 1. The van der Waals surface area contributed by atoms with Gasteiger partial charge in [0.15, 0.2) is 0 Å². The van der Waals surface area contributed by atoms with Crippen LogP contribution in [0.1, 0.15) is 0 Å². The molecule has 0 fully saturated rings. The highest BCUT2D eigenvalue weighted by Gasteiger charge is 2.13. The molecule has 0 spiro atoms. The van der Waals surface area contributed by atoms with E-state index >= 15 is 0 Å². The lowest BCUT2D eigenvalue weighted by atomic mass is 10.1. The monoisotopic (exact) mass is 275 g/mol. The van der Waals surface area contributed by atoms with E-state index in [1.165, 1.54) is 25.6 Å². The van der Waals surface area contributed by atoms with Crippen LogP contribution >= 0.6 is 11.3 Å². The Hall–Kier alpha value is -2.46. The number of para-hydroxylation sites is 1. The molecule has 3 aromatic heterocycles. The van der Waals surface area contributed by atoms with Crippen molar-refractivity contribution in [2.45, 2.75) is 0 Å². The molecule has 2 aromatic carbocycles. The minimum atomic E-state index is 1.05. The Morgan fingerprint density at radius 2 is 1.85 bits per heavy atom. The van der Waals surface area contributed by atoms with E-state index in [0.717, 1.165) is 16.6 Å². The van der Waals surface area contributed by atoms with Gasteiger partial charge in [-0.1, -0.05) is 24.3 Å². The molecule has 0 aliphatic rings. The molecule has 94 valence electrons. The van der Waals surface area contributed by atoms with Crippen LogP contribution in [0.4, 0.5) is 0 Å². The predicted octanol–water partition coefficient (Wildman–Crippen LogP) is 4.48. The van der Waals surface area contributed by atoms with Gasteiger partial charge in [0, 0.05) is 27.1 Å². The maximum Gasteiger partial charge on any atom is 0.0843 e. The summed E-state index contributed by atoms with van der Waals surface area (Å²) in [5.74, 6) is 0. The first-order chi connectivity index (χ1) is 9.92. The number of hydrogen-bond acceptors (Lipinski definition) is 3. The number of H-pyrrole nitrogens is 1. The van der Waals surface area contributed by atoms with Crippen molar-refractivity contribution in [1.82, 2.24) is 15.2 Å². The smallest absolute Gasteiger partial charge is 0.0843 e. The van der Waals surface area contributed by atoms with Gasteiger partial charge >= 0.3 is 0 Å². The third-order valence-electron chi connectivity index (χ3n) is 3.76. The Labute approximate surface area is 117 Å². The van der Waals surface area contributed by atoms with Gasteiger partial charge in [-0.25, -0.2) is 4.98 Å². The van der Waals surface area contributed by atoms with E-state index in [2.05, 4.69) is 40.5 Å². The number of nitrogens with zero attached hydrogens (tertiary/aromatic N) is 2. The van der Waals surface area contributed by atoms with Crippen LogP contribution in [0.5, 0.6) is 0 Å². The minimum absolute atomic E-state index is 1.05. The molecule has 1 N–H and O–H groups in total. The van der Waals surface area contributed by atoms with Crippen molar-refractivity contribution in [3.8, 4) is 0 Å². The fraction of sp³-hybridized carbons (Fsp3) is 0. The molecular weight excluding hydrogens is 266 g/mol. The molecule has 0 radical (unpaired) electrons. The first-order valence-corrected chi connectivity index (χ1v) is 7.26. The van der Waals surface area contributed by atoms with Crippen molar-refractivity contribution in [3.63, 3.8) is 0 Å². The summed E-state index contributed by atoms with van der Waals surface area (Å²) < 4.78 is 2.47. The van der Waals surface area contributed by atoms with Crippen molar-refractivity contribution in [1.29, 1.82) is 0 Å². The van der Waals surface area contributed by atoms with Crippen molar-refractivity contribution in [2.75, 3.05) is 0 Å². The van der Waals surface area contributed by atoms with Gasteiger partial charge in [0.2, 0.25) is 0 Å². The van der Waals surface area contributed by atoms with E-state index < -0.39 is 0 Å². The summed E-state index contributed by atoms with van der Waals surface area (Å²) in [6, 6.07) is 14.7. The first-order valence-electron chi connectivity index (χ1n) is 6.45. The summed E-state index contributed by atoms with van der Waals surface area (Å²) in [6.07, 6.45) is 1.80.